The summed E-state index contributed by atoms with van der Waals surface area (Å²) < 4.78 is 0. The average molecular weight is 281 g/mol. The minimum atomic E-state index is -0.188. The van der Waals surface area contributed by atoms with Gasteiger partial charge in [0.25, 0.3) is 0 Å². The lowest BCUT2D eigenvalue weighted by Gasteiger charge is -1.99. The van der Waals surface area contributed by atoms with Crippen LogP contribution in [0.2, 0.25) is 0 Å². The molecule has 0 aromatic carbocycles. The van der Waals surface area contributed by atoms with E-state index in [-0.39, 0.29) is 12.6 Å². The van der Waals surface area contributed by atoms with Gasteiger partial charge in [0.2, 0.25) is 0 Å². The van der Waals surface area contributed by atoms with Crippen molar-refractivity contribution in [3.05, 3.63) is 24.3 Å². The molecule has 0 fully saturated rings. The number of aliphatic hydroxyl groups is 1. The van der Waals surface area contributed by atoms with Crippen molar-refractivity contribution in [3.63, 3.8) is 0 Å². The molecule has 0 radical (unpaired) electrons. The van der Waals surface area contributed by atoms with Gasteiger partial charge in [-0.1, -0.05) is 63.3 Å². The van der Waals surface area contributed by atoms with Crippen LogP contribution in [0.25, 0.3) is 0 Å². The molecule has 0 aromatic rings. The summed E-state index contributed by atoms with van der Waals surface area (Å²) in [6.45, 7) is 2.30. The summed E-state index contributed by atoms with van der Waals surface area (Å²) >= 11 is 0. The zero-order valence-corrected chi connectivity index (χ0v) is 13.4. The topological polar surface area (TPSA) is 46.2 Å². The number of hydrogen-bond donors (Lipinski definition) is 2. The Morgan fingerprint density at radius 1 is 0.800 bits per heavy atom. The van der Waals surface area contributed by atoms with Crippen molar-refractivity contribution in [2.45, 2.75) is 83.6 Å². The zero-order valence-electron chi connectivity index (χ0n) is 13.4. The predicted octanol–water partition coefficient (Wildman–Crippen LogP) is 4.73. The van der Waals surface area contributed by atoms with Crippen LogP contribution in [0.5, 0.6) is 0 Å². The highest BCUT2D eigenvalue weighted by Crippen LogP contribution is 2.08. The molecule has 0 spiro atoms. The van der Waals surface area contributed by atoms with Crippen LogP contribution in [0, 0.1) is 0 Å². The number of allylic oxidation sites excluding steroid dienone is 3. The van der Waals surface area contributed by atoms with Crippen LogP contribution in [-0.4, -0.2) is 17.8 Å². The van der Waals surface area contributed by atoms with E-state index in [4.69, 9.17) is 10.8 Å². The van der Waals surface area contributed by atoms with Gasteiger partial charge in [-0.15, -0.1) is 0 Å². The molecule has 0 aliphatic carbocycles. The van der Waals surface area contributed by atoms with Crippen molar-refractivity contribution < 1.29 is 5.11 Å². The van der Waals surface area contributed by atoms with Gasteiger partial charge in [0, 0.05) is 6.04 Å². The molecule has 2 nitrogen and oxygen atoms in total. The van der Waals surface area contributed by atoms with Crippen molar-refractivity contribution in [1.29, 1.82) is 0 Å². The molecule has 0 saturated heterocycles. The molecule has 0 rings (SSSR count). The molecule has 0 bridgehead atoms. The largest absolute Gasteiger partial charge is 0.394 e. The van der Waals surface area contributed by atoms with Crippen molar-refractivity contribution >= 4 is 0 Å². The highest BCUT2D eigenvalue weighted by Gasteiger charge is 1.91. The molecular weight excluding hydrogens is 246 g/mol. The Labute approximate surface area is 126 Å². The third-order valence-corrected chi connectivity index (χ3v) is 3.48. The summed E-state index contributed by atoms with van der Waals surface area (Å²) in [5, 5.41) is 8.75. The molecule has 2 heteroatoms. The minimum absolute atomic E-state index is 0.0394. The Bertz CT molecular complexity index is 236. The third-order valence-electron chi connectivity index (χ3n) is 3.48. The Morgan fingerprint density at radius 2 is 1.30 bits per heavy atom. The first kappa shape index (κ1) is 19.4. The molecule has 0 saturated carbocycles. The van der Waals surface area contributed by atoms with Crippen molar-refractivity contribution in [2.24, 2.45) is 5.73 Å². The van der Waals surface area contributed by atoms with Gasteiger partial charge in [-0.3, -0.25) is 0 Å². The van der Waals surface area contributed by atoms with Gasteiger partial charge in [0.05, 0.1) is 6.61 Å². The normalized spacial score (nSPS) is 13.6. The second-order valence-corrected chi connectivity index (χ2v) is 5.59. The standard InChI is InChI=1S/C18H35NO/c1-2-3-4-5-6-7-8-9-10-11-12-13-14-15-16-18(19)17-20/h9-10,15-16,18,20H,2-8,11-14,17,19H2,1H3/b10-9-,16-15+/t18-/m1/s1. The maximum absolute atomic E-state index is 8.75. The van der Waals surface area contributed by atoms with Gasteiger partial charge in [-0.2, -0.15) is 0 Å². The molecule has 0 aliphatic heterocycles. The van der Waals surface area contributed by atoms with Gasteiger partial charge in [-0.25, -0.2) is 0 Å². The van der Waals surface area contributed by atoms with Gasteiger partial charge in [0.1, 0.15) is 0 Å². The quantitative estimate of drug-likeness (QED) is 0.357. The second-order valence-electron chi connectivity index (χ2n) is 5.59. The third kappa shape index (κ3) is 15.5. The van der Waals surface area contributed by atoms with Crippen LogP contribution < -0.4 is 5.73 Å². The number of nitrogens with two attached hydrogens (primary N) is 1. The highest BCUT2D eigenvalue weighted by molar-refractivity contribution is 4.91. The van der Waals surface area contributed by atoms with Gasteiger partial charge in [-0.05, 0) is 38.5 Å². The zero-order chi connectivity index (χ0) is 14.9. The first-order valence-corrected chi connectivity index (χ1v) is 8.49. The lowest BCUT2D eigenvalue weighted by molar-refractivity contribution is 0.284. The fourth-order valence-corrected chi connectivity index (χ4v) is 2.13. The van der Waals surface area contributed by atoms with Crippen LogP contribution >= 0.6 is 0 Å². The number of aliphatic hydroxyl groups excluding tert-OH is 1. The van der Waals surface area contributed by atoms with Crippen molar-refractivity contribution in [3.8, 4) is 0 Å². The first-order chi connectivity index (χ1) is 9.81. The molecule has 118 valence electrons. The maximum Gasteiger partial charge on any atom is 0.0618 e. The summed E-state index contributed by atoms with van der Waals surface area (Å²) in [6.07, 6.45) is 22.9. The predicted molar refractivity (Wildman–Crippen MR) is 89.8 cm³/mol. The van der Waals surface area contributed by atoms with E-state index in [0.717, 1.165) is 6.42 Å². The van der Waals surface area contributed by atoms with E-state index in [9.17, 15) is 0 Å². The molecule has 0 aliphatic rings. The first-order valence-electron chi connectivity index (χ1n) is 8.49. The molecule has 1 atom stereocenters. The summed E-state index contributed by atoms with van der Waals surface area (Å²) in [7, 11) is 0. The lowest BCUT2D eigenvalue weighted by Crippen LogP contribution is -2.20. The van der Waals surface area contributed by atoms with E-state index in [2.05, 4.69) is 25.2 Å². The second kappa shape index (κ2) is 16.5. The fraction of sp³-hybridized carbons (Fsp3) is 0.778. The molecule has 20 heavy (non-hydrogen) atoms. The van der Waals surface area contributed by atoms with Gasteiger partial charge < -0.3 is 10.8 Å². The summed E-state index contributed by atoms with van der Waals surface area (Å²) in [5.74, 6) is 0. The maximum atomic E-state index is 8.75. The Hall–Kier alpha value is -0.600. The summed E-state index contributed by atoms with van der Waals surface area (Å²) in [5.41, 5.74) is 5.57. The monoisotopic (exact) mass is 281 g/mol. The summed E-state index contributed by atoms with van der Waals surface area (Å²) in [4.78, 5) is 0. The van der Waals surface area contributed by atoms with E-state index in [0.29, 0.717) is 0 Å². The Kier molecular flexibility index (Phi) is 16.0. The number of unbranched alkanes of at least 4 members (excludes halogenated alkanes) is 9. The lowest BCUT2D eigenvalue weighted by atomic mass is 10.1. The van der Waals surface area contributed by atoms with Crippen LogP contribution in [0.4, 0.5) is 0 Å². The van der Waals surface area contributed by atoms with Crippen LogP contribution in [0.1, 0.15) is 77.6 Å². The fourth-order valence-electron chi connectivity index (χ4n) is 2.13. The number of rotatable bonds is 14. The van der Waals surface area contributed by atoms with E-state index >= 15 is 0 Å². The van der Waals surface area contributed by atoms with Crippen molar-refractivity contribution in [2.75, 3.05) is 6.61 Å². The van der Waals surface area contributed by atoms with Crippen molar-refractivity contribution in [1.82, 2.24) is 0 Å². The molecule has 0 unspecified atom stereocenters. The molecule has 0 amide bonds. The minimum Gasteiger partial charge on any atom is -0.394 e. The van der Waals surface area contributed by atoms with Crippen LogP contribution in [0.3, 0.4) is 0 Å². The smallest absolute Gasteiger partial charge is 0.0618 e. The summed E-state index contributed by atoms with van der Waals surface area (Å²) in [6, 6.07) is -0.188. The highest BCUT2D eigenvalue weighted by atomic mass is 16.3. The number of hydrogen-bond acceptors (Lipinski definition) is 2. The van der Waals surface area contributed by atoms with E-state index < -0.39 is 0 Å². The molecule has 3 N–H and O–H groups in total. The van der Waals surface area contributed by atoms with E-state index in [1.54, 1.807) is 0 Å². The Morgan fingerprint density at radius 3 is 1.90 bits per heavy atom. The Balaban J connectivity index is 3.18. The van der Waals surface area contributed by atoms with Gasteiger partial charge >= 0.3 is 0 Å². The molecular formula is C18H35NO. The molecule has 0 heterocycles. The average Bonchev–Trinajstić information content (AvgIpc) is 2.47. The SMILES string of the molecule is CCCCCCCC/C=C\CCCC/C=C/[C@@H](N)CO. The van der Waals surface area contributed by atoms with Crippen LogP contribution in [0.15, 0.2) is 24.3 Å². The van der Waals surface area contributed by atoms with E-state index in [1.165, 1.54) is 64.2 Å². The van der Waals surface area contributed by atoms with Gasteiger partial charge in [0.15, 0.2) is 0 Å². The van der Waals surface area contributed by atoms with E-state index in [1.807, 2.05) is 6.08 Å². The molecule has 0 aromatic heterocycles. The van der Waals surface area contributed by atoms with Crippen LogP contribution in [-0.2, 0) is 0 Å².